The first-order valence-corrected chi connectivity index (χ1v) is 11.0. The average molecular weight is 434 g/mol. The Labute approximate surface area is 186 Å². The van der Waals surface area contributed by atoms with Crippen LogP contribution in [0.25, 0.3) is 11.0 Å². The largest absolute Gasteiger partial charge is 0.451 e. The van der Waals surface area contributed by atoms with Gasteiger partial charge in [-0.05, 0) is 48.9 Å². The molecule has 1 aromatic heterocycles. The van der Waals surface area contributed by atoms with Crippen molar-refractivity contribution in [3.05, 3.63) is 65.9 Å². The Hall–Kier alpha value is -3.61. The third-order valence-electron chi connectivity index (χ3n) is 5.94. The molecule has 7 heteroatoms. The number of furan rings is 1. The molecule has 0 spiro atoms. The van der Waals surface area contributed by atoms with Crippen molar-refractivity contribution < 1.29 is 18.8 Å². The highest BCUT2D eigenvalue weighted by Crippen LogP contribution is 2.23. The number of benzene rings is 2. The van der Waals surface area contributed by atoms with Gasteiger partial charge in [-0.1, -0.05) is 43.3 Å². The maximum absolute atomic E-state index is 12.8. The van der Waals surface area contributed by atoms with Crippen LogP contribution in [0.5, 0.6) is 0 Å². The first-order valence-electron chi connectivity index (χ1n) is 11.0. The summed E-state index contributed by atoms with van der Waals surface area (Å²) in [7, 11) is 0. The van der Waals surface area contributed by atoms with Gasteiger partial charge >= 0.3 is 11.8 Å². The Morgan fingerprint density at radius 1 is 1.00 bits per heavy atom. The average Bonchev–Trinajstić information content (AvgIpc) is 3.27. The number of rotatable bonds is 5. The molecule has 0 bridgehead atoms. The maximum Gasteiger partial charge on any atom is 0.313 e. The second-order valence-corrected chi connectivity index (χ2v) is 8.06. The lowest BCUT2D eigenvalue weighted by molar-refractivity contribution is -0.136. The standard InChI is InChI=1S/C25H27N3O4/c1-2-18-7-3-5-9-20(18)27-24(30)23(29)26-16-17-11-13-28(14-12-17)25(31)22-15-19-8-4-6-10-21(19)32-22/h3-10,15,17H,2,11-14,16H2,1H3,(H,26,29)(H,27,30). The summed E-state index contributed by atoms with van der Waals surface area (Å²) in [4.78, 5) is 39.0. The van der Waals surface area contributed by atoms with Crippen molar-refractivity contribution >= 4 is 34.4 Å². The SMILES string of the molecule is CCc1ccccc1NC(=O)C(=O)NCC1CCN(C(=O)c2cc3ccccc3o2)CC1. The molecule has 2 N–H and O–H groups in total. The first kappa shape index (κ1) is 21.6. The number of nitrogens with zero attached hydrogens (tertiary/aromatic N) is 1. The molecule has 0 aliphatic carbocycles. The van der Waals surface area contributed by atoms with Crippen LogP contribution in [0, 0.1) is 5.92 Å². The number of carbonyl (C=O) groups is 3. The Kier molecular flexibility index (Phi) is 6.54. The van der Waals surface area contributed by atoms with Gasteiger partial charge in [-0.2, -0.15) is 0 Å². The van der Waals surface area contributed by atoms with Gasteiger partial charge < -0.3 is 20.0 Å². The number of piperidine rings is 1. The molecule has 2 heterocycles. The number of nitrogens with one attached hydrogen (secondary N) is 2. The molecule has 3 amide bonds. The highest BCUT2D eigenvalue weighted by molar-refractivity contribution is 6.39. The first-order chi connectivity index (χ1) is 15.5. The molecule has 0 unspecified atom stereocenters. The van der Waals surface area contributed by atoms with E-state index in [1.165, 1.54) is 0 Å². The molecule has 3 aromatic rings. The van der Waals surface area contributed by atoms with Crippen molar-refractivity contribution in [2.45, 2.75) is 26.2 Å². The smallest absolute Gasteiger partial charge is 0.313 e. The van der Waals surface area contributed by atoms with E-state index in [1.54, 1.807) is 17.0 Å². The van der Waals surface area contributed by atoms with Crippen molar-refractivity contribution in [3.63, 3.8) is 0 Å². The quantitative estimate of drug-likeness (QED) is 0.602. The number of para-hydroxylation sites is 2. The summed E-state index contributed by atoms with van der Waals surface area (Å²) >= 11 is 0. The minimum Gasteiger partial charge on any atom is -0.451 e. The van der Waals surface area contributed by atoms with Crippen LogP contribution in [0.3, 0.4) is 0 Å². The normalized spacial score (nSPS) is 14.3. The van der Waals surface area contributed by atoms with Crippen LogP contribution < -0.4 is 10.6 Å². The fourth-order valence-electron chi connectivity index (χ4n) is 4.03. The van der Waals surface area contributed by atoms with E-state index in [4.69, 9.17) is 4.42 Å². The summed E-state index contributed by atoms with van der Waals surface area (Å²) in [5.41, 5.74) is 2.34. The monoisotopic (exact) mass is 433 g/mol. The summed E-state index contributed by atoms with van der Waals surface area (Å²) in [6.07, 6.45) is 2.28. The third-order valence-corrected chi connectivity index (χ3v) is 5.94. The van der Waals surface area contributed by atoms with Crippen LogP contribution >= 0.6 is 0 Å². The number of likely N-dealkylation sites (tertiary alicyclic amines) is 1. The zero-order valence-corrected chi connectivity index (χ0v) is 18.1. The Morgan fingerprint density at radius 3 is 2.47 bits per heavy atom. The number of carbonyl (C=O) groups excluding carboxylic acids is 3. The summed E-state index contributed by atoms with van der Waals surface area (Å²) in [6.45, 7) is 3.59. The number of anilines is 1. The predicted octanol–water partition coefficient (Wildman–Crippen LogP) is 3.60. The third kappa shape index (κ3) is 4.82. The molecule has 0 atom stereocenters. The van der Waals surface area contributed by atoms with Gasteiger partial charge in [0, 0.05) is 30.7 Å². The second-order valence-electron chi connectivity index (χ2n) is 8.06. The number of hydrogen-bond donors (Lipinski definition) is 2. The molecule has 4 rings (SSSR count). The molecule has 1 fully saturated rings. The fraction of sp³-hybridized carbons (Fsp3) is 0.320. The summed E-state index contributed by atoms with van der Waals surface area (Å²) in [6, 6.07) is 16.8. The molecule has 0 radical (unpaired) electrons. The summed E-state index contributed by atoms with van der Waals surface area (Å²) in [5, 5.41) is 6.33. The lowest BCUT2D eigenvalue weighted by Crippen LogP contribution is -2.43. The number of fused-ring (bicyclic) bond motifs is 1. The molecule has 1 saturated heterocycles. The fourth-order valence-corrected chi connectivity index (χ4v) is 4.03. The van der Waals surface area contributed by atoms with E-state index in [2.05, 4.69) is 10.6 Å². The van der Waals surface area contributed by atoms with Crippen molar-refractivity contribution in [1.29, 1.82) is 0 Å². The highest BCUT2D eigenvalue weighted by Gasteiger charge is 2.26. The maximum atomic E-state index is 12.8. The van der Waals surface area contributed by atoms with E-state index in [9.17, 15) is 14.4 Å². The topological polar surface area (TPSA) is 91.7 Å². The highest BCUT2D eigenvalue weighted by atomic mass is 16.3. The van der Waals surface area contributed by atoms with Crippen LogP contribution in [0.1, 0.15) is 35.9 Å². The van der Waals surface area contributed by atoms with E-state index in [0.29, 0.717) is 36.7 Å². The van der Waals surface area contributed by atoms with Crippen molar-refractivity contribution in [2.75, 3.05) is 25.0 Å². The van der Waals surface area contributed by atoms with Crippen molar-refractivity contribution in [2.24, 2.45) is 5.92 Å². The predicted molar refractivity (Wildman–Crippen MR) is 122 cm³/mol. The zero-order valence-electron chi connectivity index (χ0n) is 18.1. The van der Waals surface area contributed by atoms with E-state index in [0.717, 1.165) is 30.2 Å². The van der Waals surface area contributed by atoms with Crippen LogP contribution in [-0.2, 0) is 16.0 Å². The van der Waals surface area contributed by atoms with Gasteiger partial charge in [0.1, 0.15) is 5.58 Å². The van der Waals surface area contributed by atoms with Gasteiger partial charge in [-0.3, -0.25) is 14.4 Å². The lowest BCUT2D eigenvalue weighted by Gasteiger charge is -2.31. The van der Waals surface area contributed by atoms with Gasteiger partial charge in [0.05, 0.1) is 0 Å². The van der Waals surface area contributed by atoms with Crippen LogP contribution in [0.15, 0.2) is 59.0 Å². The van der Waals surface area contributed by atoms with E-state index >= 15 is 0 Å². The molecule has 32 heavy (non-hydrogen) atoms. The molecule has 166 valence electrons. The molecule has 2 aromatic carbocycles. The lowest BCUT2D eigenvalue weighted by atomic mass is 9.96. The van der Waals surface area contributed by atoms with Gasteiger partial charge in [0.15, 0.2) is 5.76 Å². The Morgan fingerprint density at radius 2 is 1.72 bits per heavy atom. The van der Waals surface area contributed by atoms with E-state index < -0.39 is 11.8 Å². The van der Waals surface area contributed by atoms with Crippen LogP contribution in [0.2, 0.25) is 0 Å². The van der Waals surface area contributed by atoms with Gasteiger partial charge in [-0.15, -0.1) is 0 Å². The molecular formula is C25H27N3O4. The van der Waals surface area contributed by atoms with Crippen molar-refractivity contribution in [3.8, 4) is 0 Å². The molecule has 0 saturated carbocycles. The minimum atomic E-state index is -0.664. The van der Waals surface area contributed by atoms with Gasteiger partial charge in [0.2, 0.25) is 0 Å². The molecule has 1 aliphatic heterocycles. The van der Waals surface area contributed by atoms with Crippen LogP contribution in [0.4, 0.5) is 5.69 Å². The van der Waals surface area contributed by atoms with E-state index in [1.807, 2.05) is 49.4 Å². The molecule has 1 aliphatic rings. The summed E-state index contributed by atoms with van der Waals surface area (Å²) in [5.74, 6) is -0.853. The number of amides is 3. The van der Waals surface area contributed by atoms with Crippen molar-refractivity contribution in [1.82, 2.24) is 10.2 Å². The molecule has 7 nitrogen and oxygen atoms in total. The van der Waals surface area contributed by atoms with Gasteiger partial charge in [-0.25, -0.2) is 0 Å². The molecular weight excluding hydrogens is 406 g/mol. The second kappa shape index (κ2) is 9.68. The van der Waals surface area contributed by atoms with Crippen LogP contribution in [-0.4, -0.2) is 42.3 Å². The van der Waals surface area contributed by atoms with Gasteiger partial charge in [0.25, 0.3) is 5.91 Å². The zero-order chi connectivity index (χ0) is 22.5. The number of hydrogen-bond acceptors (Lipinski definition) is 4. The number of aryl methyl sites for hydroxylation is 1. The summed E-state index contributed by atoms with van der Waals surface area (Å²) < 4.78 is 5.69. The Balaban J connectivity index is 1.24. The van der Waals surface area contributed by atoms with E-state index in [-0.39, 0.29) is 11.8 Å². The Bertz CT molecular complexity index is 1100. The minimum absolute atomic E-state index is 0.113.